The van der Waals surface area contributed by atoms with Crippen LogP contribution in [0, 0.1) is 0 Å². The molecule has 21 heavy (non-hydrogen) atoms. The quantitative estimate of drug-likeness (QED) is 0.423. The monoisotopic (exact) mass is 326 g/mol. The molecule has 1 aromatic carbocycles. The van der Waals surface area contributed by atoms with Crippen molar-refractivity contribution in [3.63, 3.8) is 0 Å². The number of piperazine rings is 1. The minimum absolute atomic E-state index is 0.180. The Bertz CT molecular complexity index is 509. The van der Waals surface area contributed by atoms with Crippen molar-refractivity contribution >= 4 is 37.3 Å². The van der Waals surface area contributed by atoms with Crippen LogP contribution in [0.15, 0.2) is 24.3 Å². The van der Waals surface area contributed by atoms with Crippen LogP contribution in [0.25, 0.3) is 0 Å². The Balaban J connectivity index is 2.09. The summed E-state index contributed by atoms with van der Waals surface area (Å²) in [6.07, 6.45) is 0.332. The van der Waals surface area contributed by atoms with Crippen molar-refractivity contribution < 1.29 is 14.3 Å². The summed E-state index contributed by atoms with van der Waals surface area (Å²) >= 11 is 8.86. The number of rotatable bonds is 5. The Morgan fingerprint density at radius 3 is 2.67 bits per heavy atom. The first-order valence-electron chi connectivity index (χ1n) is 6.53. The van der Waals surface area contributed by atoms with E-state index < -0.39 is 11.8 Å². The van der Waals surface area contributed by atoms with E-state index in [0.29, 0.717) is 19.4 Å². The topological polar surface area (TPSA) is 58.6 Å². The van der Waals surface area contributed by atoms with E-state index in [1.165, 1.54) is 0 Å². The molecular formula is C14H18N2O3S2. The van der Waals surface area contributed by atoms with E-state index in [-0.39, 0.29) is 10.7 Å². The molecule has 1 aromatic rings. The van der Waals surface area contributed by atoms with E-state index in [0.717, 1.165) is 11.3 Å². The number of Topliss-reactive ketones (excluding diaryl/α,β-unsaturated/α-hetero) is 1. The molecule has 0 amide bonds. The molecule has 5 nitrogen and oxygen atoms in total. The SMILES string of the molecule is COc1ccc(CN2CC(S)NC(C(=O)C=O)C2S)cc1. The van der Waals surface area contributed by atoms with Crippen LogP contribution >= 0.6 is 25.3 Å². The fraction of sp³-hybridized carbons (Fsp3) is 0.429. The van der Waals surface area contributed by atoms with E-state index in [9.17, 15) is 9.59 Å². The molecule has 3 atom stereocenters. The van der Waals surface area contributed by atoms with Crippen LogP contribution in [-0.2, 0) is 16.1 Å². The van der Waals surface area contributed by atoms with Crippen LogP contribution in [0.5, 0.6) is 5.75 Å². The summed E-state index contributed by atoms with van der Waals surface area (Å²) in [6, 6.07) is 7.06. The van der Waals surface area contributed by atoms with Gasteiger partial charge in [0, 0.05) is 13.1 Å². The zero-order valence-electron chi connectivity index (χ0n) is 11.6. The van der Waals surface area contributed by atoms with E-state index in [2.05, 4.69) is 30.6 Å². The summed E-state index contributed by atoms with van der Waals surface area (Å²) in [5, 5.41) is 2.45. The van der Waals surface area contributed by atoms with Crippen molar-refractivity contribution in [3.05, 3.63) is 29.8 Å². The molecule has 1 heterocycles. The van der Waals surface area contributed by atoms with Gasteiger partial charge in [0.05, 0.1) is 23.9 Å². The molecule has 1 saturated heterocycles. The molecule has 7 heteroatoms. The average molecular weight is 326 g/mol. The van der Waals surface area contributed by atoms with Crippen molar-refractivity contribution in [1.82, 2.24) is 10.2 Å². The van der Waals surface area contributed by atoms with Gasteiger partial charge in [0.15, 0.2) is 6.29 Å². The van der Waals surface area contributed by atoms with Crippen molar-refractivity contribution in [2.75, 3.05) is 13.7 Å². The van der Waals surface area contributed by atoms with Gasteiger partial charge in [-0.1, -0.05) is 12.1 Å². The second kappa shape index (κ2) is 7.31. The Hall–Kier alpha value is -1.02. The number of methoxy groups -OCH3 is 1. The van der Waals surface area contributed by atoms with Gasteiger partial charge in [-0.25, -0.2) is 0 Å². The van der Waals surface area contributed by atoms with Crippen molar-refractivity contribution in [1.29, 1.82) is 0 Å². The van der Waals surface area contributed by atoms with Crippen LogP contribution in [0.4, 0.5) is 0 Å². The Morgan fingerprint density at radius 1 is 1.43 bits per heavy atom. The Labute approximate surface area is 134 Å². The number of ketones is 1. The van der Waals surface area contributed by atoms with Crippen molar-refractivity contribution in [3.8, 4) is 5.75 Å². The molecule has 1 fully saturated rings. The largest absolute Gasteiger partial charge is 0.497 e. The van der Waals surface area contributed by atoms with Gasteiger partial charge in [-0.3, -0.25) is 19.8 Å². The zero-order chi connectivity index (χ0) is 15.4. The number of nitrogens with one attached hydrogen (secondary N) is 1. The fourth-order valence-corrected chi connectivity index (χ4v) is 3.09. The molecular weight excluding hydrogens is 308 g/mol. The molecule has 0 aliphatic carbocycles. The second-order valence-corrected chi connectivity index (χ2v) is 6.02. The van der Waals surface area contributed by atoms with Gasteiger partial charge in [-0.05, 0) is 17.7 Å². The summed E-state index contributed by atoms with van der Waals surface area (Å²) in [6.45, 7) is 1.26. The molecule has 1 N–H and O–H groups in total. The number of carbonyl (C=O) groups excluding carboxylic acids is 2. The zero-order valence-corrected chi connectivity index (χ0v) is 13.4. The van der Waals surface area contributed by atoms with Crippen LogP contribution in [0.2, 0.25) is 0 Å². The highest BCUT2D eigenvalue weighted by Crippen LogP contribution is 2.22. The van der Waals surface area contributed by atoms with E-state index in [1.54, 1.807) is 7.11 Å². The van der Waals surface area contributed by atoms with Crippen LogP contribution in [0.1, 0.15) is 5.56 Å². The highest BCUT2D eigenvalue weighted by Gasteiger charge is 2.36. The van der Waals surface area contributed by atoms with Gasteiger partial charge >= 0.3 is 0 Å². The van der Waals surface area contributed by atoms with Gasteiger partial charge < -0.3 is 4.74 Å². The lowest BCUT2D eigenvalue weighted by atomic mass is 10.1. The third-order valence-electron chi connectivity index (χ3n) is 3.42. The number of nitrogens with zero attached hydrogens (tertiary/aromatic N) is 1. The molecule has 1 aliphatic rings. The minimum atomic E-state index is -0.639. The van der Waals surface area contributed by atoms with E-state index >= 15 is 0 Å². The maximum atomic E-state index is 11.6. The van der Waals surface area contributed by atoms with Crippen LogP contribution in [-0.4, -0.2) is 47.4 Å². The van der Waals surface area contributed by atoms with Crippen molar-refractivity contribution in [2.24, 2.45) is 0 Å². The van der Waals surface area contributed by atoms with Crippen LogP contribution < -0.4 is 10.1 Å². The lowest BCUT2D eigenvalue weighted by molar-refractivity contribution is -0.132. The highest BCUT2D eigenvalue weighted by molar-refractivity contribution is 7.81. The first-order valence-corrected chi connectivity index (χ1v) is 7.56. The first kappa shape index (κ1) is 16.4. The summed E-state index contributed by atoms with van der Waals surface area (Å²) in [7, 11) is 1.62. The predicted molar refractivity (Wildman–Crippen MR) is 86.9 cm³/mol. The molecule has 0 bridgehead atoms. The van der Waals surface area contributed by atoms with Gasteiger partial charge in [-0.2, -0.15) is 25.3 Å². The number of hydrogen-bond donors (Lipinski definition) is 3. The number of carbonyl (C=O) groups is 2. The average Bonchev–Trinajstić information content (AvgIpc) is 2.50. The maximum Gasteiger partial charge on any atom is 0.214 e. The van der Waals surface area contributed by atoms with Gasteiger partial charge in [0.1, 0.15) is 5.75 Å². The second-order valence-electron chi connectivity index (χ2n) is 4.87. The lowest BCUT2D eigenvalue weighted by Gasteiger charge is -2.40. The van der Waals surface area contributed by atoms with Gasteiger partial charge in [-0.15, -0.1) is 0 Å². The third kappa shape index (κ3) is 4.00. The standard InChI is InChI=1S/C14H18N2O3S2/c1-19-10-4-2-9(3-5-10)6-16-7-12(20)15-13(14(16)21)11(18)8-17/h2-5,8,12-15,20-21H,6-7H2,1H3. The number of benzene rings is 1. The predicted octanol–water partition coefficient (Wildman–Crippen LogP) is 0.749. The molecule has 0 radical (unpaired) electrons. The van der Waals surface area contributed by atoms with Crippen molar-refractivity contribution in [2.45, 2.75) is 23.3 Å². The molecule has 0 aromatic heterocycles. The Morgan fingerprint density at radius 2 is 2.10 bits per heavy atom. The normalized spacial score (nSPS) is 26.3. The summed E-state index contributed by atoms with van der Waals surface area (Å²) in [4.78, 5) is 24.4. The first-order chi connectivity index (χ1) is 10.0. The number of hydrogen-bond acceptors (Lipinski definition) is 7. The number of aldehydes is 1. The Kier molecular flexibility index (Phi) is 5.69. The smallest absolute Gasteiger partial charge is 0.214 e. The molecule has 0 saturated carbocycles. The third-order valence-corrected chi connectivity index (χ3v) is 4.36. The number of thiol groups is 2. The molecule has 3 unspecified atom stereocenters. The maximum absolute atomic E-state index is 11.6. The molecule has 114 valence electrons. The van der Waals surface area contributed by atoms with E-state index in [4.69, 9.17) is 4.74 Å². The lowest BCUT2D eigenvalue weighted by Crippen LogP contribution is -2.61. The fourth-order valence-electron chi connectivity index (χ4n) is 2.31. The minimum Gasteiger partial charge on any atom is -0.497 e. The summed E-state index contributed by atoms with van der Waals surface area (Å²) < 4.78 is 5.13. The molecule has 1 aliphatic heterocycles. The van der Waals surface area contributed by atoms with E-state index in [1.807, 2.05) is 29.2 Å². The van der Waals surface area contributed by atoms with Gasteiger partial charge in [0.25, 0.3) is 0 Å². The summed E-state index contributed by atoms with van der Waals surface area (Å²) in [5.41, 5.74) is 1.08. The highest BCUT2D eigenvalue weighted by atomic mass is 32.1. The summed E-state index contributed by atoms with van der Waals surface area (Å²) in [5.74, 6) is 0.288. The molecule has 0 spiro atoms. The van der Waals surface area contributed by atoms with Gasteiger partial charge in [0.2, 0.25) is 5.78 Å². The molecule has 2 rings (SSSR count). The number of ether oxygens (including phenoxy) is 1. The van der Waals surface area contributed by atoms with Crippen LogP contribution in [0.3, 0.4) is 0 Å².